The molecule has 26 heavy (non-hydrogen) atoms. The molecule has 1 aromatic heterocycles. The number of para-hydroxylation sites is 1. The van der Waals surface area contributed by atoms with Gasteiger partial charge in [-0.2, -0.15) is 0 Å². The number of aromatic nitrogens is 2. The minimum atomic E-state index is -0.351. The monoisotopic (exact) mass is 359 g/mol. The molecule has 6 nitrogen and oxygen atoms in total. The van der Waals surface area contributed by atoms with Crippen molar-refractivity contribution in [2.75, 3.05) is 50.1 Å². The third-order valence-corrected chi connectivity index (χ3v) is 4.54. The average Bonchev–Trinajstić information content (AvgIpc) is 2.67. The molecule has 0 saturated carbocycles. The third kappa shape index (κ3) is 5.29. The standard InChI is InChI=1S/C19H26FN5O/c1-25(13-15-6-8-21-9-7-15)19-12-18(23-14-24-19)22-10-11-26-17-5-3-2-4-16(17)20/h2-5,12,14-15,21H,6-11,13H2,1H3,(H,22,23,24). The smallest absolute Gasteiger partial charge is 0.165 e. The minimum absolute atomic E-state index is 0.263. The number of benzene rings is 1. The molecule has 0 atom stereocenters. The summed E-state index contributed by atoms with van der Waals surface area (Å²) >= 11 is 0. The lowest BCUT2D eigenvalue weighted by Gasteiger charge is -2.28. The molecule has 0 bridgehead atoms. The molecule has 0 amide bonds. The first-order chi connectivity index (χ1) is 12.7. The lowest BCUT2D eigenvalue weighted by molar-refractivity contribution is 0.315. The minimum Gasteiger partial charge on any atom is -0.489 e. The lowest BCUT2D eigenvalue weighted by atomic mass is 9.98. The molecule has 1 aliphatic rings. The van der Waals surface area contributed by atoms with E-state index in [1.807, 2.05) is 6.07 Å². The predicted octanol–water partition coefficient (Wildman–Crippen LogP) is 2.54. The number of hydrogen-bond acceptors (Lipinski definition) is 6. The van der Waals surface area contributed by atoms with Crippen molar-refractivity contribution in [2.24, 2.45) is 5.92 Å². The number of ether oxygens (including phenoxy) is 1. The maximum absolute atomic E-state index is 13.5. The summed E-state index contributed by atoms with van der Waals surface area (Å²) in [7, 11) is 2.06. The Kier molecular flexibility index (Phi) is 6.60. The van der Waals surface area contributed by atoms with E-state index in [0.29, 0.717) is 19.1 Å². The maximum atomic E-state index is 13.5. The highest BCUT2D eigenvalue weighted by Crippen LogP contribution is 2.18. The first-order valence-corrected chi connectivity index (χ1v) is 9.07. The van der Waals surface area contributed by atoms with Gasteiger partial charge in [0.2, 0.25) is 0 Å². The normalized spacial score (nSPS) is 14.8. The Morgan fingerprint density at radius 1 is 1.27 bits per heavy atom. The third-order valence-electron chi connectivity index (χ3n) is 4.54. The maximum Gasteiger partial charge on any atom is 0.165 e. The molecule has 0 aliphatic carbocycles. The number of piperidine rings is 1. The zero-order chi connectivity index (χ0) is 18.2. The summed E-state index contributed by atoms with van der Waals surface area (Å²) in [6.07, 6.45) is 3.97. The summed E-state index contributed by atoms with van der Waals surface area (Å²) in [6, 6.07) is 8.33. The molecule has 2 heterocycles. The highest BCUT2D eigenvalue weighted by atomic mass is 19.1. The molecule has 7 heteroatoms. The van der Waals surface area contributed by atoms with Crippen molar-refractivity contribution in [3.05, 3.63) is 42.5 Å². The fourth-order valence-corrected chi connectivity index (χ4v) is 3.10. The molecule has 0 spiro atoms. The number of rotatable bonds is 8. The largest absolute Gasteiger partial charge is 0.489 e. The predicted molar refractivity (Wildman–Crippen MR) is 101 cm³/mol. The van der Waals surface area contributed by atoms with Crippen molar-refractivity contribution in [3.63, 3.8) is 0 Å². The number of hydrogen-bond donors (Lipinski definition) is 2. The quantitative estimate of drug-likeness (QED) is 0.707. The Balaban J connectivity index is 1.46. The van der Waals surface area contributed by atoms with Gasteiger partial charge in [0.1, 0.15) is 24.6 Å². The van der Waals surface area contributed by atoms with Gasteiger partial charge in [0, 0.05) is 19.7 Å². The van der Waals surface area contributed by atoms with Gasteiger partial charge in [0.15, 0.2) is 11.6 Å². The molecule has 2 N–H and O–H groups in total. The van der Waals surface area contributed by atoms with Gasteiger partial charge >= 0.3 is 0 Å². The van der Waals surface area contributed by atoms with Crippen LogP contribution < -0.4 is 20.3 Å². The summed E-state index contributed by atoms with van der Waals surface area (Å²) in [6.45, 7) is 4.07. The molecule has 0 unspecified atom stereocenters. The van der Waals surface area contributed by atoms with Crippen molar-refractivity contribution >= 4 is 11.6 Å². The molecule has 1 fully saturated rings. The van der Waals surface area contributed by atoms with Crippen molar-refractivity contribution in [3.8, 4) is 5.75 Å². The topological polar surface area (TPSA) is 62.3 Å². The number of halogens is 1. The second-order valence-electron chi connectivity index (χ2n) is 6.54. The molecule has 140 valence electrons. The second-order valence-corrected chi connectivity index (χ2v) is 6.54. The molecule has 3 rings (SSSR count). The van der Waals surface area contributed by atoms with Crippen LogP contribution in [0.1, 0.15) is 12.8 Å². The van der Waals surface area contributed by atoms with E-state index in [2.05, 4.69) is 32.5 Å². The van der Waals surface area contributed by atoms with Crippen LogP contribution >= 0.6 is 0 Å². The van der Waals surface area contributed by atoms with Crippen LogP contribution in [0.5, 0.6) is 5.75 Å². The van der Waals surface area contributed by atoms with Gasteiger partial charge in [-0.1, -0.05) is 12.1 Å². The van der Waals surface area contributed by atoms with Crippen molar-refractivity contribution in [2.45, 2.75) is 12.8 Å². The zero-order valence-electron chi connectivity index (χ0n) is 15.1. The number of anilines is 2. The zero-order valence-corrected chi connectivity index (χ0v) is 15.1. The summed E-state index contributed by atoms with van der Waals surface area (Å²) in [5, 5.41) is 6.59. The Morgan fingerprint density at radius 2 is 2.08 bits per heavy atom. The summed E-state index contributed by atoms with van der Waals surface area (Å²) in [4.78, 5) is 10.8. The van der Waals surface area contributed by atoms with E-state index in [4.69, 9.17) is 4.74 Å². The van der Waals surface area contributed by atoms with E-state index in [0.717, 1.165) is 31.3 Å². The van der Waals surface area contributed by atoms with Crippen LogP contribution in [-0.4, -0.2) is 49.8 Å². The van der Waals surface area contributed by atoms with Crippen LogP contribution in [0.2, 0.25) is 0 Å². The van der Waals surface area contributed by atoms with Crippen LogP contribution in [0.25, 0.3) is 0 Å². The fourth-order valence-electron chi connectivity index (χ4n) is 3.10. The number of nitrogens with zero attached hydrogens (tertiary/aromatic N) is 3. The lowest BCUT2D eigenvalue weighted by Crippen LogP contribution is -2.34. The Labute approximate surface area is 153 Å². The first-order valence-electron chi connectivity index (χ1n) is 9.07. The van der Waals surface area contributed by atoms with Crippen LogP contribution in [0.4, 0.5) is 16.0 Å². The van der Waals surface area contributed by atoms with Crippen molar-refractivity contribution in [1.82, 2.24) is 15.3 Å². The van der Waals surface area contributed by atoms with Crippen LogP contribution in [0, 0.1) is 11.7 Å². The molecule has 1 saturated heterocycles. The van der Waals surface area contributed by atoms with E-state index in [1.54, 1.807) is 24.5 Å². The Bertz CT molecular complexity index is 693. The SMILES string of the molecule is CN(CC1CCNCC1)c1cc(NCCOc2ccccc2F)ncn1. The second kappa shape index (κ2) is 9.33. The van der Waals surface area contributed by atoms with Crippen LogP contribution in [0.3, 0.4) is 0 Å². The van der Waals surface area contributed by atoms with Crippen LogP contribution in [0.15, 0.2) is 36.7 Å². The van der Waals surface area contributed by atoms with E-state index in [9.17, 15) is 4.39 Å². The summed E-state index contributed by atoms with van der Waals surface area (Å²) < 4.78 is 18.9. The van der Waals surface area contributed by atoms with E-state index < -0.39 is 0 Å². The van der Waals surface area contributed by atoms with Crippen molar-refractivity contribution < 1.29 is 9.13 Å². The van der Waals surface area contributed by atoms with Gasteiger partial charge < -0.3 is 20.3 Å². The summed E-state index contributed by atoms with van der Waals surface area (Å²) in [5.74, 6) is 2.25. The van der Waals surface area contributed by atoms with Gasteiger partial charge in [0.05, 0.1) is 6.54 Å². The van der Waals surface area contributed by atoms with E-state index in [1.165, 1.54) is 18.9 Å². The van der Waals surface area contributed by atoms with Gasteiger partial charge in [0.25, 0.3) is 0 Å². The fraction of sp³-hybridized carbons (Fsp3) is 0.474. The van der Waals surface area contributed by atoms with Crippen LogP contribution in [-0.2, 0) is 0 Å². The molecule has 2 aromatic rings. The van der Waals surface area contributed by atoms with Gasteiger partial charge in [-0.15, -0.1) is 0 Å². The Morgan fingerprint density at radius 3 is 2.88 bits per heavy atom. The highest BCUT2D eigenvalue weighted by molar-refractivity contribution is 5.47. The van der Waals surface area contributed by atoms with E-state index in [-0.39, 0.29) is 11.6 Å². The van der Waals surface area contributed by atoms with E-state index >= 15 is 0 Å². The average molecular weight is 359 g/mol. The molecular formula is C19H26FN5O. The van der Waals surface area contributed by atoms with Gasteiger partial charge in [-0.25, -0.2) is 14.4 Å². The molecular weight excluding hydrogens is 333 g/mol. The first kappa shape index (κ1) is 18.4. The van der Waals surface area contributed by atoms with Gasteiger partial charge in [-0.3, -0.25) is 0 Å². The molecule has 1 aliphatic heterocycles. The number of nitrogens with one attached hydrogen (secondary N) is 2. The summed E-state index contributed by atoms with van der Waals surface area (Å²) in [5.41, 5.74) is 0. The van der Waals surface area contributed by atoms with Crippen molar-refractivity contribution in [1.29, 1.82) is 0 Å². The molecule has 1 aromatic carbocycles. The highest BCUT2D eigenvalue weighted by Gasteiger charge is 2.16. The molecule has 0 radical (unpaired) electrons. The van der Waals surface area contributed by atoms with Gasteiger partial charge in [-0.05, 0) is 44.0 Å². The Hall–Kier alpha value is -2.41.